The van der Waals surface area contributed by atoms with Crippen molar-refractivity contribution in [3.63, 3.8) is 0 Å². The summed E-state index contributed by atoms with van der Waals surface area (Å²) in [7, 11) is 2.20. The average Bonchev–Trinajstić information content (AvgIpc) is 3.35. The number of likely N-dealkylation sites (tertiary alicyclic amines) is 1. The van der Waals surface area contributed by atoms with E-state index >= 15 is 0 Å². The van der Waals surface area contributed by atoms with Gasteiger partial charge < -0.3 is 15.1 Å². The molecule has 2 aromatic rings. The van der Waals surface area contributed by atoms with Gasteiger partial charge in [-0.05, 0) is 86.5 Å². The van der Waals surface area contributed by atoms with Crippen molar-refractivity contribution in [1.82, 2.24) is 14.9 Å². The highest BCUT2D eigenvalue weighted by molar-refractivity contribution is 5.60. The summed E-state index contributed by atoms with van der Waals surface area (Å²) in [6, 6.07) is 10.2. The molecule has 2 atom stereocenters. The highest BCUT2D eigenvalue weighted by atomic mass is 15.2. The smallest absolute Gasteiger partial charge is 0.134 e. The van der Waals surface area contributed by atoms with E-state index in [0.717, 1.165) is 62.5 Å². The van der Waals surface area contributed by atoms with Crippen molar-refractivity contribution < 1.29 is 0 Å². The molecular weight excluding hydrogens is 360 g/mol. The lowest BCUT2D eigenvalue weighted by Gasteiger charge is -2.39. The van der Waals surface area contributed by atoms with Crippen LogP contribution in [0, 0.1) is 23.2 Å². The van der Waals surface area contributed by atoms with Gasteiger partial charge in [-0.15, -0.1) is 0 Å². The minimum absolute atomic E-state index is 0.158. The molecule has 2 aliphatic heterocycles. The molecule has 2 unspecified atom stereocenters. The summed E-state index contributed by atoms with van der Waals surface area (Å²) in [5.41, 5.74) is 2.11. The van der Waals surface area contributed by atoms with Crippen molar-refractivity contribution in [2.45, 2.75) is 31.6 Å². The van der Waals surface area contributed by atoms with Crippen LogP contribution >= 0.6 is 0 Å². The van der Waals surface area contributed by atoms with E-state index < -0.39 is 0 Å². The molecule has 150 valence electrons. The lowest BCUT2D eigenvalue weighted by molar-refractivity contribution is 0.200. The molecule has 2 saturated heterocycles. The zero-order valence-corrected chi connectivity index (χ0v) is 17.2. The van der Waals surface area contributed by atoms with E-state index in [4.69, 9.17) is 4.98 Å². The molecule has 0 spiro atoms. The molecule has 3 aliphatic rings. The van der Waals surface area contributed by atoms with E-state index in [2.05, 4.69) is 52.3 Å². The molecule has 29 heavy (non-hydrogen) atoms. The second-order valence-corrected chi connectivity index (χ2v) is 9.29. The second kappa shape index (κ2) is 7.00. The Balaban J connectivity index is 1.48. The van der Waals surface area contributed by atoms with Crippen LogP contribution in [0.15, 0.2) is 30.5 Å². The number of nitrogens with zero attached hydrogens (tertiary/aromatic N) is 5. The molecule has 0 aromatic carbocycles. The monoisotopic (exact) mass is 388 g/mol. The van der Waals surface area contributed by atoms with E-state index in [1.54, 1.807) is 18.3 Å². The van der Waals surface area contributed by atoms with Gasteiger partial charge in [-0.25, -0.2) is 9.97 Å². The summed E-state index contributed by atoms with van der Waals surface area (Å²) in [6.45, 7) is 6.89. The fourth-order valence-corrected chi connectivity index (χ4v) is 4.78. The summed E-state index contributed by atoms with van der Waals surface area (Å²) in [6.07, 6.45) is 5.35. The van der Waals surface area contributed by atoms with Crippen molar-refractivity contribution in [1.29, 1.82) is 5.26 Å². The van der Waals surface area contributed by atoms with E-state index in [1.165, 1.54) is 12.0 Å². The van der Waals surface area contributed by atoms with Crippen LogP contribution in [0.4, 0.5) is 17.5 Å². The minimum Gasteiger partial charge on any atom is -0.356 e. The SMILES string of the molecule is CN1CCC(C)(c2cc(Nc3cc(C#N)ccn3)nc(N3CC4CC4C3)c2)CC1. The van der Waals surface area contributed by atoms with Gasteiger partial charge in [-0.1, -0.05) is 6.92 Å². The summed E-state index contributed by atoms with van der Waals surface area (Å²) in [5, 5.41) is 12.5. The molecule has 3 fully saturated rings. The van der Waals surface area contributed by atoms with Gasteiger partial charge >= 0.3 is 0 Å². The van der Waals surface area contributed by atoms with Crippen LogP contribution in [0.3, 0.4) is 0 Å². The van der Waals surface area contributed by atoms with E-state index in [-0.39, 0.29) is 5.41 Å². The Morgan fingerprint density at radius 2 is 1.90 bits per heavy atom. The molecular formula is C23H28N6. The number of aromatic nitrogens is 2. The van der Waals surface area contributed by atoms with Gasteiger partial charge in [0.1, 0.15) is 17.5 Å². The van der Waals surface area contributed by atoms with Crippen LogP contribution in [0.5, 0.6) is 0 Å². The molecule has 6 heteroatoms. The fraction of sp³-hybridized carbons (Fsp3) is 0.522. The van der Waals surface area contributed by atoms with Gasteiger partial charge in [0.05, 0.1) is 11.6 Å². The van der Waals surface area contributed by atoms with Crippen LogP contribution in [0.1, 0.15) is 37.3 Å². The minimum atomic E-state index is 0.158. The standard InChI is InChI=1S/C23H28N6/c1-23(4-7-28(2)8-5-23)19-11-21(26-20-9-16(13-24)3-6-25-20)27-22(12-19)29-14-17-10-18(17)15-29/h3,6,9,11-12,17-18H,4-5,7-8,10,14-15H2,1-2H3,(H,25,26,27). The van der Waals surface area contributed by atoms with Crippen LogP contribution in [-0.2, 0) is 5.41 Å². The van der Waals surface area contributed by atoms with Crippen molar-refractivity contribution in [2.75, 3.05) is 43.4 Å². The first-order chi connectivity index (χ1) is 14.0. The van der Waals surface area contributed by atoms with Crippen LogP contribution < -0.4 is 10.2 Å². The predicted octanol–water partition coefficient (Wildman–Crippen LogP) is 3.53. The highest BCUT2D eigenvalue weighted by Crippen LogP contribution is 2.47. The Hall–Kier alpha value is -2.65. The number of nitriles is 1. The number of piperidine rings is 2. The Morgan fingerprint density at radius 1 is 1.14 bits per heavy atom. The Morgan fingerprint density at radius 3 is 2.62 bits per heavy atom. The fourth-order valence-electron chi connectivity index (χ4n) is 4.78. The highest BCUT2D eigenvalue weighted by Gasteiger charge is 2.45. The van der Waals surface area contributed by atoms with Gasteiger partial charge in [0.15, 0.2) is 0 Å². The Labute approximate surface area is 172 Å². The number of fused-ring (bicyclic) bond motifs is 1. The van der Waals surface area contributed by atoms with E-state index in [0.29, 0.717) is 11.4 Å². The normalized spacial score (nSPS) is 25.3. The molecule has 1 saturated carbocycles. The average molecular weight is 389 g/mol. The van der Waals surface area contributed by atoms with Crippen molar-refractivity contribution >= 4 is 17.5 Å². The molecule has 1 aliphatic carbocycles. The molecule has 1 N–H and O–H groups in total. The molecule has 5 rings (SSSR count). The van der Waals surface area contributed by atoms with Crippen LogP contribution in [-0.4, -0.2) is 48.1 Å². The second-order valence-electron chi connectivity index (χ2n) is 9.29. The predicted molar refractivity (Wildman–Crippen MR) is 114 cm³/mol. The van der Waals surface area contributed by atoms with Gasteiger partial charge in [0.25, 0.3) is 0 Å². The van der Waals surface area contributed by atoms with E-state index in [1.807, 2.05) is 0 Å². The third-order valence-electron chi connectivity index (χ3n) is 7.05. The molecule has 0 radical (unpaired) electrons. The third-order valence-corrected chi connectivity index (χ3v) is 7.05. The number of rotatable bonds is 4. The molecule has 6 nitrogen and oxygen atoms in total. The molecule has 4 heterocycles. The maximum Gasteiger partial charge on any atom is 0.134 e. The van der Waals surface area contributed by atoms with Gasteiger partial charge in [0.2, 0.25) is 0 Å². The largest absolute Gasteiger partial charge is 0.356 e. The summed E-state index contributed by atoms with van der Waals surface area (Å²) >= 11 is 0. The van der Waals surface area contributed by atoms with Crippen molar-refractivity contribution in [3.8, 4) is 6.07 Å². The zero-order chi connectivity index (χ0) is 20.0. The molecule has 2 aromatic heterocycles. The van der Waals surface area contributed by atoms with Gasteiger partial charge in [-0.3, -0.25) is 0 Å². The van der Waals surface area contributed by atoms with E-state index in [9.17, 15) is 5.26 Å². The first-order valence-corrected chi connectivity index (χ1v) is 10.6. The van der Waals surface area contributed by atoms with Crippen molar-refractivity contribution in [3.05, 3.63) is 41.6 Å². The summed E-state index contributed by atoms with van der Waals surface area (Å²) < 4.78 is 0. The quantitative estimate of drug-likeness (QED) is 0.864. The Bertz CT molecular complexity index is 946. The lowest BCUT2D eigenvalue weighted by atomic mass is 9.75. The maximum atomic E-state index is 9.18. The van der Waals surface area contributed by atoms with Crippen LogP contribution in [0.25, 0.3) is 0 Å². The number of hydrogen-bond acceptors (Lipinski definition) is 6. The summed E-state index contributed by atoms with van der Waals surface area (Å²) in [5.74, 6) is 4.29. The van der Waals surface area contributed by atoms with Gasteiger partial charge in [-0.2, -0.15) is 5.26 Å². The zero-order valence-electron chi connectivity index (χ0n) is 17.2. The van der Waals surface area contributed by atoms with Gasteiger partial charge in [0, 0.05) is 19.3 Å². The topological polar surface area (TPSA) is 68.1 Å². The van der Waals surface area contributed by atoms with Crippen molar-refractivity contribution in [2.24, 2.45) is 11.8 Å². The first kappa shape index (κ1) is 18.4. The Kier molecular flexibility index (Phi) is 4.44. The number of pyridine rings is 2. The summed E-state index contributed by atoms with van der Waals surface area (Å²) in [4.78, 5) is 14.2. The lowest BCUT2D eigenvalue weighted by Crippen LogP contribution is -2.39. The number of anilines is 3. The number of nitrogens with one attached hydrogen (secondary N) is 1. The number of hydrogen-bond donors (Lipinski definition) is 1. The molecule has 0 bridgehead atoms. The maximum absolute atomic E-state index is 9.18. The first-order valence-electron chi connectivity index (χ1n) is 10.6. The molecule has 0 amide bonds. The third kappa shape index (κ3) is 3.67. The van der Waals surface area contributed by atoms with Crippen LogP contribution in [0.2, 0.25) is 0 Å².